The molecule has 2 nitrogen and oxygen atoms in total. The van der Waals surface area contributed by atoms with Crippen LogP contribution in [0, 0.1) is 12.7 Å². The average Bonchev–Trinajstić information content (AvgIpc) is 2.60. The van der Waals surface area contributed by atoms with Crippen LogP contribution in [0.3, 0.4) is 0 Å². The minimum Gasteiger partial charge on any atom is -0.489 e. The molecule has 3 aromatic rings. The van der Waals surface area contributed by atoms with Gasteiger partial charge in [0.05, 0.1) is 0 Å². The Bertz CT molecular complexity index is 866. The standard InChI is InChI=1S/C21H19BrFNO/c1-15-10-18(22)8-9-21(15)24-13-16-4-3-7-20(12-16)25-14-17-5-2-6-19(23)11-17/h2-12,24H,13-14H2,1H3. The summed E-state index contributed by atoms with van der Waals surface area (Å²) >= 11 is 3.47. The second-order valence-electron chi connectivity index (χ2n) is 5.88. The van der Waals surface area contributed by atoms with E-state index in [1.807, 2.05) is 30.3 Å². The van der Waals surface area contributed by atoms with Gasteiger partial charge in [-0.25, -0.2) is 4.39 Å². The molecule has 0 heterocycles. The first-order valence-electron chi connectivity index (χ1n) is 8.06. The molecule has 128 valence electrons. The highest BCUT2D eigenvalue weighted by atomic mass is 79.9. The zero-order valence-electron chi connectivity index (χ0n) is 13.9. The molecule has 0 saturated carbocycles. The van der Waals surface area contributed by atoms with Gasteiger partial charge in [0.2, 0.25) is 0 Å². The molecule has 3 rings (SSSR count). The lowest BCUT2D eigenvalue weighted by Crippen LogP contribution is -2.02. The minimum absolute atomic E-state index is 0.246. The van der Waals surface area contributed by atoms with Crippen LogP contribution in [0.25, 0.3) is 0 Å². The molecule has 3 aromatic carbocycles. The molecule has 1 N–H and O–H groups in total. The summed E-state index contributed by atoms with van der Waals surface area (Å²) in [4.78, 5) is 0. The van der Waals surface area contributed by atoms with Crippen LogP contribution in [0.5, 0.6) is 5.75 Å². The van der Waals surface area contributed by atoms with E-state index in [0.717, 1.165) is 27.0 Å². The third-order valence-electron chi connectivity index (χ3n) is 3.86. The summed E-state index contributed by atoms with van der Waals surface area (Å²) in [6.45, 7) is 3.13. The Labute approximate surface area is 155 Å². The fourth-order valence-electron chi connectivity index (χ4n) is 2.56. The van der Waals surface area contributed by atoms with Crippen molar-refractivity contribution in [3.8, 4) is 5.75 Å². The summed E-state index contributed by atoms with van der Waals surface area (Å²) in [5, 5.41) is 3.44. The van der Waals surface area contributed by atoms with E-state index in [2.05, 4.69) is 46.4 Å². The Kier molecular flexibility index (Phi) is 5.71. The van der Waals surface area contributed by atoms with E-state index in [1.54, 1.807) is 6.07 Å². The number of hydrogen-bond donors (Lipinski definition) is 1. The van der Waals surface area contributed by atoms with Gasteiger partial charge in [-0.3, -0.25) is 0 Å². The van der Waals surface area contributed by atoms with Crippen LogP contribution in [0.4, 0.5) is 10.1 Å². The topological polar surface area (TPSA) is 21.3 Å². The largest absolute Gasteiger partial charge is 0.489 e. The molecule has 0 amide bonds. The van der Waals surface area contributed by atoms with E-state index < -0.39 is 0 Å². The zero-order valence-corrected chi connectivity index (χ0v) is 15.5. The molecule has 0 atom stereocenters. The van der Waals surface area contributed by atoms with Gasteiger partial charge in [0.25, 0.3) is 0 Å². The molecule has 0 aliphatic heterocycles. The van der Waals surface area contributed by atoms with Crippen LogP contribution in [-0.4, -0.2) is 0 Å². The van der Waals surface area contributed by atoms with Crippen molar-refractivity contribution in [1.29, 1.82) is 0 Å². The van der Waals surface area contributed by atoms with Crippen LogP contribution in [0.1, 0.15) is 16.7 Å². The minimum atomic E-state index is -0.246. The van der Waals surface area contributed by atoms with Crippen molar-refractivity contribution in [3.63, 3.8) is 0 Å². The summed E-state index contributed by atoms with van der Waals surface area (Å²) in [6.07, 6.45) is 0. The summed E-state index contributed by atoms with van der Waals surface area (Å²) in [7, 11) is 0. The molecule has 0 aromatic heterocycles. The third kappa shape index (κ3) is 5.07. The van der Waals surface area contributed by atoms with E-state index in [9.17, 15) is 4.39 Å². The fourth-order valence-corrected chi connectivity index (χ4v) is 3.04. The molecular formula is C21H19BrFNO. The average molecular weight is 400 g/mol. The maximum absolute atomic E-state index is 13.2. The first kappa shape index (κ1) is 17.5. The Hall–Kier alpha value is -2.33. The molecule has 0 radical (unpaired) electrons. The highest BCUT2D eigenvalue weighted by Crippen LogP contribution is 2.22. The Morgan fingerprint density at radius 1 is 0.960 bits per heavy atom. The highest BCUT2D eigenvalue weighted by Gasteiger charge is 2.02. The molecule has 4 heteroatoms. The SMILES string of the molecule is Cc1cc(Br)ccc1NCc1cccc(OCc2cccc(F)c2)c1. The number of nitrogens with one attached hydrogen (secondary N) is 1. The Morgan fingerprint density at radius 2 is 1.76 bits per heavy atom. The predicted octanol–water partition coefficient (Wildman–Crippen LogP) is 6.09. The van der Waals surface area contributed by atoms with Crippen molar-refractivity contribution in [2.24, 2.45) is 0 Å². The van der Waals surface area contributed by atoms with E-state index >= 15 is 0 Å². The normalized spacial score (nSPS) is 10.5. The predicted molar refractivity (Wildman–Crippen MR) is 103 cm³/mol. The quantitative estimate of drug-likeness (QED) is 0.541. The first-order chi connectivity index (χ1) is 12.1. The van der Waals surface area contributed by atoms with Crippen LogP contribution < -0.4 is 10.1 Å². The Morgan fingerprint density at radius 3 is 2.56 bits per heavy atom. The van der Waals surface area contributed by atoms with Crippen molar-refractivity contribution in [1.82, 2.24) is 0 Å². The lowest BCUT2D eigenvalue weighted by molar-refractivity contribution is 0.305. The number of ether oxygens (including phenoxy) is 1. The fraction of sp³-hybridized carbons (Fsp3) is 0.143. The number of halogens is 2. The van der Waals surface area contributed by atoms with Crippen molar-refractivity contribution in [2.45, 2.75) is 20.1 Å². The van der Waals surface area contributed by atoms with Gasteiger partial charge in [0, 0.05) is 16.7 Å². The highest BCUT2D eigenvalue weighted by molar-refractivity contribution is 9.10. The van der Waals surface area contributed by atoms with E-state index in [1.165, 1.54) is 17.7 Å². The smallest absolute Gasteiger partial charge is 0.123 e. The van der Waals surface area contributed by atoms with Gasteiger partial charge in [0.1, 0.15) is 18.2 Å². The van der Waals surface area contributed by atoms with Crippen molar-refractivity contribution in [2.75, 3.05) is 5.32 Å². The maximum atomic E-state index is 13.2. The maximum Gasteiger partial charge on any atom is 0.123 e. The van der Waals surface area contributed by atoms with Crippen LogP contribution in [0.15, 0.2) is 71.2 Å². The van der Waals surface area contributed by atoms with Crippen LogP contribution >= 0.6 is 15.9 Å². The molecule has 0 unspecified atom stereocenters. The molecule has 0 spiro atoms. The first-order valence-corrected chi connectivity index (χ1v) is 8.86. The van der Waals surface area contributed by atoms with E-state index in [4.69, 9.17) is 4.74 Å². The molecule has 0 aliphatic carbocycles. The van der Waals surface area contributed by atoms with Crippen molar-refractivity contribution < 1.29 is 9.13 Å². The molecule has 0 bridgehead atoms. The monoisotopic (exact) mass is 399 g/mol. The second kappa shape index (κ2) is 8.17. The van der Waals surface area contributed by atoms with Crippen LogP contribution in [-0.2, 0) is 13.2 Å². The summed E-state index contributed by atoms with van der Waals surface area (Å²) < 4.78 is 20.1. The van der Waals surface area contributed by atoms with Crippen LogP contribution in [0.2, 0.25) is 0 Å². The summed E-state index contributed by atoms with van der Waals surface area (Å²) in [5.74, 6) is 0.528. The molecule has 0 fully saturated rings. The third-order valence-corrected chi connectivity index (χ3v) is 4.36. The van der Waals surface area contributed by atoms with Gasteiger partial charge in [-0.1, -0.05) is 40.2 Å². The lowest BCUT2D eigenvalue weighted by Gasteiger charge is -2.12. The number of benzene rings is 3. The van der Waals surface area contributed by atoms with Gasteiger partial charge < -0.3 is 10.1 Å². The van der Waals surface area contributed by atoms with Gasteiger partial charge in [-0.05, 0) is 66.1 Å². The number of aryl methyl sites for hydroxylation is 1. The van der Waals surface area contributed by atoms with E-state index in [-0.39, 0.29) is 5.82 Å². The number of anilines is 1. The van der Waals surface area contributed by atoms with Gasteiger partial charge >= 0.3 is 0 Å². The summed E-state index contributed by atoms with van der Waals surface area (Å²) in [5.41, 5.74) is 4.23. The lowest BCUT2D eigenvalue weighted by atomic mass is 10.1. The number of rotatable bonds is 6. The van der Waals surface area contributed by atoms with Gasteiger partial charge in [0.15, 0.2) is 0 Å². The van der Waals surface area contributed by atoms with Gasteiger partial charge in [-0.15, -0.1) is 0 Å². The van der Waals surface area contributed by atoms with E-state index in [0.29, 0.717) is 13.2 Å². The van der Waals surface area contributed by atoms with Crippen molar-refractivity contribution >= 4 is 21.6 Å². The summed E-state index contributed by atoms with van der Waals surface area (Å²) in [6, 6.07) is 20.6. The second-order valence-corrected chi connectivity index (χ2v) is 6.79. The molecule has 25 heavy (non-hydrogen) atoms. The number of hydrogen-bond acceptors (Lipinski definition) is 2. The zero-order chi connectivity index (χ0) is 17.6. The van der Waals surface area contributed by atoms with Gasteiger partial charge in [-0.2, -0.15) is 0 Å². The Balaban J connectivity index is 1.61. The molecule has 0 aliphatic rings. The van der Waals surface area contributed by atoms with Crippen molar-refractivity contribution in [3.05, 3.63) is 93.7 Å². The molecule has 0 saturated heterocycles. The molecular weight excluding hydrogens is 381 g/mol.